The third-order valence-electron chi connectivity index (χ3n) is 6.54. The Morgan fingerprint density at radius 3 is 0.914 bits per heavy atom. The minimum Gasteiger partial charge on any atom is -0.138 e. The molecule has 0 bridgehead atoms. The van der Waals surface area contributed by atoms with Crippen LogP contribution in [0.1, 0.15) is 20.9 Å². The summed E-state index contributed by atoms with van der Waals surface area (Å²) in [6.07, 6.45) is 10.1. The van der Waals surface area contributed by atoms with Crippen LogP contribution in [0.2, 0.25) is 10.0 Å². The molecular formula is C52H12Cl2S4. The van der Waals surface area contributed by atoms with Gasteiger partial charge in [-0.3, -0.25) is 0 Å². The maximum atomic E-state index is 6.70. The third kappa shape index (κ3) is 11.5. The van der Waals surface area contributed by atoms with Crippen molar-refractivity contribution in [2.24, 2.45) is 0 Å². The van der Waals surface area contributed by atoms with E-state index in [1.54, 1.807) is 45.3 Å². The zero-order valence-corrected chi connectivity index (χ0v) is 34.6. The summed E-state index contributed by atoms with van der Waals surface area (Å²) < 4.78 is 1.86. The van der Waals surface area contributed by atoms with Gasteiger partial charge < -0.3 is 0 Å². The number of aryl methyl sites for hydroxylation is 2. The smallest absolute Gasteiger partial charge is 0.0632 e. The molecule has 0 nitrogen and oxygen atoms in total. The molecule has 258 valence electrons. The average molecular weight is 836 g/mol. The highest BCUT2D eigenvalue weighted by Crippen LogP contribution is 2.49. The molecular weight excluding hydrogens is 824 g/mol. The van der Waals surface area contributed by atoms with Crippen LogP contribution in [0.25, 0.3) is 39.7 Å². The molecule has 4 aromatic heterocycles. The third-order valence-corrected chi connectivity index (χ3v) is 12.1. The van der Waals surface area contributed by atoms with Crippen molar-refractivity contribution in [2.75, 3.05) is 0 Å². The molecule has 1 aromatic carbocycles. The summed E-state index contributed by atoms with van der Waals surface area (Å²) in [7, 11) is 0. The van der Waals surface area contributed by atoms with E-state index in [0.29, 0.717) is 10.0 Å². The van der Waals surface area contributed by atoms with Gasteiger partial charge >= 0.3 is 0 Å². The first-order valence-electron chi connectivity index (χ1n) is 15.9. The van der Waals surface area contributed by atoms with Crippen LogP contribution in [0.15, 0.2) is 24.3 Å². The number of fused-ring (bicyclic) bond motifs is 2. The molecule has 0 unspecified atom stereocenters. The highest BCUT2D eigenvalue weighted by Gasteiger charge is 2.21. The quantitative estimate of drug-likeness (QED) is 0.156. The van der Waals surface area contributed by atoms with E-state index in [-0.39, 0.29) is 0 Å². The molecule has 5 rings (SSSR count). The Bertz CT molecular complexity index is 3310. The zero-order chi connectivity index (χ0) is 41.0. The van der Waals surface area contributed by atoms with E-state index < -0.39 is 0 Å². The van der Waals surface area contributed by atoms with Crippen LogP contribution in [-0.2, 0) is 0 Å². The molecule has 0 saturated heterocycles. The van der Waals surface area contributed by atoms with Gasteiger partial charge in [0.25, 0.3) is 0 Å². The fourth-order valence-electron chi connectivity index (χ4n) is 4.49. The maximum absolute atomic E-state index is 6.70. The lowest BCUT2D eigenvalue weighted by atomic mass is 10.0. The Morgan fingerprint density at radius 1 is 0.379 bits per heavy atom. The Kier molecular flexibility index (Phi) is 15.5. The molecule has 0 fully saturated rings. The van der Waals surface area contributed by atoms with E-state index in [0.717, 1.165) is 60.6 Å². The summed E-state index contributed by atoms with van der Waals surface area (Å²) in [5.41, 5.74) is 1.61. The lowest BCUT2D eigenvalue weighted by Crippen LogP contribution is -1.83. The van der Waals surface area contributed by atoms with Crippen LogP contribution in [-0.4, -0.2) is 0 Å². The lowest BCUT2D eigenvalue weighted by molar-refractivity contribution is 1.64. The Balaban J connectivity index is 1.60. The van der Waals surface area contributed by atoms with Gasteiger partial charge in [-0.05, 0) is 204 Å². The fourth-order valence-corrected chi connectivity index (χ4v) is 9.89. The first-order chi connectivity index (χ1) is 28.4. The predicted molar refractivity (Wildman–Crippen MR) is 248 cm³/mol. The van der Waals surface area contributed by atoms with Crippen LogP contribution in [0.5, 0.6) is 0 Å². The highest BCUT2D eigenvalue weighted by atomic mass is 35.5. The van der Waals surface area contributed by atoms with Gasteiger partial charge in [0.05, 0.1) is 40.3 Å². The maximum Gasteiger partial charge on any atom is 0.0632 e. The van der Waals surface area contributed by atoms with Gasteiger partial charge in [0, 0.05) is 30.3 Å². The second-order valence-corrected chi connectivity index (χ2v) is 15.7. The Morgan fingerprint density at radius 2 is 0.655 bits per heavy atom. The molecule has 0 saturated carbocycles. The lowest BCUT2D eigenvalue weighted by Gasteiger charge is -2.02. The van der Waals surface area contributed by atoms with Gasteiger partial charge in [0.2, 0.25) is 0 Å². The number of benzene rings is 1. The number of thiophene rings is 4. The molecule has 0 aliphatic heterocycles. The molecule has 0 amide bonds. The van der Waals surface area contributed by atoms with E-state index >= 15 is 0 Å². The number of terminal acetylenes is 2. The number of halogens is 2. The number of rotatable bonds is 2. The van der Waals surface area contributed by atoms with Crippen molar-refractivity contribution in [1.82, 2.24) is 0 Å². The van der Waals surface area contributed by atoms with Crippen molar-refractivity contribution in [3.8, 4) is 210 Å². The largest absolute Gasteiger partial charge is 0.138 e. The highest BCUT2D eigenvalue weighted by molar-refractivity contribution is 7.28. The molecule has 0 aliphatic rings. The summed E-state index contributed by atoms with van der Waals surface area (Å²) in [5, 5.41) is 3.19. The van der Waals surface area contributed by atoms with Crippen molar-refractivity contribution in [3.05, 3.63) is 55.2 Å². The molecule has 0 radical (unpaired) electrons. The molecule has 0 N–H and O–H groups in total. The topological polar surface area (TPSA) is 0 Å². The second-order valence-electron chi connectivity index (χ2n) is 10.3. The van der Waals surface area contributed by atoms with E-state index in [1.807, 2.05) is 26.0 Å². The minimum atomic E-state index is 0.683. The molecule has 6 heteroatoms. The van der Waals surface area contributed by atoms with E-state index in [9.17, 15) is 0 Å². The summed E-state index contributed by atoms with van der Waals surface area (Å²) in [6, 6.07) is 8.14. The normalized spacial score (nSPS) is 7.76. The first-order valence-corrected chi connectivity index (χ1v) is 19.9. The monoisotopic (exact) mass is 834 g/mol. The van der Waals surface area contributed by atoms with Crippen LogP contribution in [0.3, 0.4) is 0 Å². The van der Waals surface area contributed by atoms with Gasteiger partial charge in [-0.25, -0.2) is 0 Å². The van der Waals surface area contributed by atoms with Gasteiger partial charge in [0.15, 0.2) is 0 Å². The minimum absolute atomic E-state index is 0.683. The van der Waals surface area contributed by atoms with E-state index in [1.165, 1.54) is 0 Å². The van der Waals surface area contributed by atoms with Crippen molar-refractivity contribution < 1.29 is 0 Å². The standard InChI is InChI=1S/C52H12Cl2S4/c1-5-7-9-11-13-15-17-19-21-23-25-27-29-31-33-41-43-37-47(51-45(53)35-39(3)55-51)58-50(43)42(44-38-48(57-49(41)44)52-46(54)36-40(4)56-52)34-32-30-28-26-24-22-20-18-16-14-12-10-8-6-2/h1-2,35-38H,3-4H3. The van der Waals surface area contributed by atoms with Crippen molar-refractivity contribution in [1.29, 1.82) is 0 Å². The van der Waals surface area contributed by atoms with Gasteiger partial charge in [0.1, 0.15) is 0 Å². The molecule has 5 aromatic rings. The van der Waals surface area contributed by atoms with Gasteiger partial charge in [-0.1, -0.05) is 35.0 Å². The summed E-state index contributed by atoms with van der Waals surface area (Å²) in [6.45, 7) is 4.06. The fraction of sp³-hybridized carbons (Fsp3) is 0.0385. The Labute approximate surface area is 364 Å². The Hall–Kier alpha value is -7.92. The molecule has 4 heterocycles. The average Bonchev–Trinajstić information content (AvgIpc) is 4.00. The van der Waals surface area contributed by atoms with Crippen LogP contribution in [0, 0.1) is 204 Å². The van der Waals surface area contributed by atoms with Crippen molar-refractivity contribution >= 4 is 88.7 Å². The van der Waals surface area contributed by atoms with Crippen molar-refractivity contribution in [2.45, 2.75) is 13.8 Å². The zero-order valence-electron chi connectivity index (χ0n) is 29.9. The van der Waals surface area contributed by atoms with E-state index in [4.69, 9.17) is 36.0 Å². The SMILES string of the molecule is C#CC#CC#CC#CC#CC#CC#CC#Cc1c2cc(-c3sc(C)cc3Cl)sc2c(C#CC#CC#CC#CC#CC#CC#CC#C)c2cc(-c3sc(C)cc3Cl)sc12. The van der Waals surface area contributed by atoms with Crippen LogP contribution >= 0.6 is 68.5 Å². The molecule has 0 spiro atoms. The number of hydrogen-bond donors (Lipinski definition) is 0. The van der Waals surface area contributed by atoms with Crippen LogP contribution < -0.4 is 0 Å². The van der Waals surface area contributed by atoms with Gasteiger partial charge in [-0.15, -0.1) is 58.2 Å². The number of hydrogen-bond acceptors (Lipinski definition) is 4. The molecule has 0 atom stereocenters. The van der Waals surface area contributed by atoms with Crippen LogP contribution in [0.4, 0.5) is 0 Å². The predicted octanol–water partition coefficient (Wildman–Crippen LogP) is 9.51. The summed E-state index contributed by atoms with van der Waals surface area (Å²) in [4.78, 5) is 6.14. The first kappa shape index (κ1) is 41.2. The molecule has 58 heavy (non-hydrogen) atoms. The van der Waals surface area contributed by atoms with Crippen molar-refractivity contribution in [3.63, 3.8) is 0 Å². The summed E-state index contributed by atoms with van der Waals surface area (Å²) >= 11 is 19.8. The molecule has 0 aliphatic carbocycles. The van der Waals surface area contributed by atoms with Gasteiger partial charge in [-0.2, -0.15) is 0 Å². The van der Waals surface area contributed by atoms with E-state index in [2.05, 4.69) is 190 Å². The summed E-state index contributed by atoms with van der Waals surface area (Å²) in [5.74, 6) is 79.0. The second kappa shape index (κ2) is 21.8.